The Kier molecular flexibility index (Phi) is 11.7. The molecular weight excluding hydrogens is 379 g/mol. The monoisotopic (exact) mass is 394 g/mol. The third kappa shape index (κ3) is 13.3. The molecule has 0 saturated heterocycles. The Morgan fingerprint density at radius 1 is 1.19 bits per heavy atom. The van der Waals surface area contributed by atoms with Gasteiger partial charge in [-0.25, -0.2) is 0 Å². The first-order chi connectivity index (χ1) is 9.27. The van der Waals surface area contributed by atoms with Crippen molar-refractivity contribution in [1.82, 2.24) is 15.2 Å². The summed E-state index contributed by atoms with van der Waals surface area (Å²) in [7, 11) is -6.00. The van der Waals surface area contributed by atoms with E-state index in [-0.39, 0.29) is 20.4 Å². The molecule has 0 unspecified atom stereocenters. The Morgan fingerprint density at radius 2 is 1.71 bits per heavy atom. The first kappa shape index (κ1) is 21.8. The number of nitrogens with zero attached hydrogens (tertiary/aromatic N) is 2. The van der Waals surface area contributed by atoms with Crippen LogP contribution >= 0.6 is 0 Å². The average molecular weight is 394 g/mol. The largest absolute Gasteiger partial charge is 0.673 e. The van der Waals surface area contributed by atoms with Crippen molar-refractivity contribution in [1.29, 1.82) is 0 Å². The average Bonchev–Trinajstić information content (AvgIpc) is 2.76. The van der Waals surface area contributed by atoms with E-state index in [1.165, 1.54) is 0 Å². The molecule has 0 amide bonds. The number of hydrogen-bond acceptors (Lipinski definition) is 2. The van der Waals surface area contributed by atoms with E-state index < -0.39 is 7.25 Å². The fraction of sp³-hybridized carbons (Fsp3) is 0.167. The molecule has 0 aliphatic rings. The molecule has 0 bridgehead atoms. The Hall–Kier alpha value is -1.45. The van der Waals surface area contributed by atoms with Gasteiger partial charge in [-0.05, 0) is 32.0 Å². The molecule has 1 N–H and O–H groups in total. The van der Waals surface area contributed by atoms with Crippen molar-refractivity contribution in [2.75, 3.05) is 0 Å². The van der Waals surface area contributed by atoms with Crippen molar-refractivity contribution >= 4 is 7.25 Å². The second-order valence-electron chi connectivity index (χ2n) is 3.55. The van der Waals surface area contributed by atoms with Crippen molar-refractivity contribution in [2.45, 2.75) is 13.8 Å². The summed E-state index contributed by atoms with van der Waals surface area (Å²) < 4.78 is 39.0. The number of hydrogen-bond donors (Lipinski definition) is 1. The van der Waals surface area contributed by atoms with Crippen LogP contribution < -0.4 is 0 Å². The fourth-order valence-electron chi connectivity index (χ4n) is 1.06. The fourth-order valence-corrected chi connectivity index (χ4v) is 1.06. The predicted molar refractivity (Wildman–Crippen MR) is 72.6 cm³/mol. The summed E-state index contributed by atoms with van der Waals surface area (Å²) in [5.41, 5.74) is 2.85. The summed E-state index contributed by atoms with van der Waals surface area (Å²) in [4.78, 5) is 4.18. The molecule has 0 aromatic carbocycles. The number of aryl methyl sites for hydroxylation is 1. The number of H-pyrrole nitrogens is 1. The van der Waals surface area contributed by atoms with Gasteiger partial charge >= 0.3 is 7.25 Å². The van der Waals surface area contributed by atoms with Gasteiger partial charge in [0.05, 0.1) is 5.69 Å². The zero-order chi connectivity index (χ0) is 15.6. The topological polar surface area (TPSA) is 41.6 Å². The van der Waals surface area contributed by atoms with Crippen LogP contribution in [0.4, 0.5) is 17.3 Å². The predicted octanol–water partition coefficient (Wildman–Crippen LogP) is 4.27. The summed E-state index contributed by atoms with van der Waals surface area (Å²) in [5.74, 6) is 0. The van der Waals surface area contributed by atoms with Gasteiger partial charge in [0.15, 0.2) is 0 Å². The van der Waals surface area contributed by atoms with Crippen LogP contribution in [0.3, 0.4) is 0 Å². The van der Waals surface area contributed by atoms with Crippen LogP contribution in [0.25, 0.3) is 11.4 Å². The molecule has 0 aliphatic carbocycles. The van der Waals surface area contributed by atoms with Crippen LogP contribution in [0.2, 0.25) is 0 Å². The molecule has 0 saturated carbocycles. The minimum Gasteiger partial charge on any atom is -0.418 e. The SMILES string of the molecule is C=CC.Cc1cc(-c2ccccn2)n[nH]1.F[B-](F)(F)F.[Pd]. The summed E-state index contributed by atoms with van der Waals surface area (Å²) in [6.45, 7) is 7.22. The van der Waals surface area contributed by atoms with E-state index in [0.717, 1.165) is 17.1 Å². The van der Waals surface area contributed by atoms with E-state index in [1.54, 1.807) is 12.3 Å². The van der Waals surface area contributed by atoms with Crippen molar-refractivity contribution in [3.63, 3.8) is 0 Å². The summed E-state index contributed by atoms with van der Waals surface area (Å²) >= 11 is 0. The first-order valence-electron chi connectivity index (χ1n) is 5.65. The first-order valence-corrected chi connectivity index (χ1v) is 5.65. The van der Waals surface area contributed by atoms with Gasteiger partial charge in [-0.1, -0.05) is 12.1 Å². The molecule has 9 heteroatoms. The van der Waals surface area contributed by atoms with Crippen molar-refractivity contribution < 1.29 is 37.7 Å². The maximum Gasteiger partial charge on any atom is 0.673 e. The van der Waals surface area contributed by atoms with Gasteiger partial charge in [0.1, 0.15) is 5.69 Å². The van der Waals surface area contributed by atoms with Gasteiger partial charge in [0, 0.05) is 32.3 Å². The van der Waals surface area contributed by atoms with Crippen LogP contribution in [-0.4, -0.2) is 22.4 Å². The maximum atomic E-state index is 9.75. The van der Waals surface area contributed by atoms with Gasteiger partial charge in [-0.3, -0.25) is 10.1 Å². The Bertz CT molecular complexity index is 497. The molecule has 2 aromatic heterocycles. The summed E-state index contributed by atoms with van der Waals surface area (Å²) in [6, 6.07) is 7.76. The molecule has 2 heterocycles. The number of allylic oxidation sites excluding steroid dienone is 1. The molecule has 0 spiro atoms. The van der Waals surface area contributed by atoms with Gasteiger partial charge in [0.2, 0.25) is 0 Å². The number of aromatic amines is 1. The molecule has 3 nitrogen and oxygen atoms in total. The third-order valence-corrected chi connectivity index (χ3v) is 1.63. The number of pyridine rings is 1. The zero-order valence-electron chi connectivity index (χ0n) is 11.5. The molecule has 0 radical (unpaired) electrons. The van der Waals surface area contributed by atoms with Crippen LogP contribution in [0.15, 0.2) is 43.1 Å². The van der Waals surface area contributed by atoms with E-state index >= 15 is 0 Å². The smallest absolute Gasteiger partial charge is 0.418 e. The standard InChI is InChI=1S/C9H9N3.C3H6.BF4.Pd/c1-7-6-9(12-11-7)8-4-2-3-5-10-8;1-3-2;2-1(3,4)5;/h2-6H,1H3,(H,11,12);3H,1H2,2H3;;/q;;-1;. The molecule has 0 fully saturated rings. The van der Waals surface area contributed by atoms with E-state index in [9.17, 15) is 17.3 Å². The van der Waals surface area contributed by atoms with E-state index in [2.05, 4.69) is 21.8 Å². The van der Waals surface area contributed by atoms with Crippen LogP contribution in [0.1, 0.15) is 12.6 Å². The molecular formula is C12H15BF4N3Pd-. The molecule has 21 heavy (non-hydrogen) atoms. The summed E-state index contributed by atoms with van der Waals surface area (Å²) in [5, 5.41) is 6.98. The molecule has 120 valence electrons. The quantitative estimate of drug-likeness (QED) is 0.446. The number of rotatable bonds is 1. The van der Waals surface area contributed by atoms with Gasteiger partial charge < -0.3 is 17.3 Å². The number of halogens is 4. The van der Waals surface area contributed by atoms with Crippen molar-refractivity contribution in [2.24, 2.45) is 0 Å². The van der Waals surface area contributed by atoms with Crippen LogP contribution in [0.5, 0.6) is 0 Å². The van der Waals surface area contributed by atoms with E-state index in [1.807, 2.05) is 38.1 Å². The Morgan fingerprint density at radius 3 is 2.05 bits per heavy atom. The van der Waals surface area contributed by atoms with Gasteiger partial charge in [-0.2, -0.15) is 5.10 Å². The Labute approximate surface area is 134 Å². The van der Waals surface area contributed by atoms with Gasteiger partial charge in [0.25, 0.3) is 0 Å². The second kappa shape index (κ2) is 11.2. The molecule has 0 aliphatic heterocycles. The normalized spacial score (nSPS) is 9.24. The molecule has 2 rings (SSSR count). The van der Waals surface area contributed by atoms with Crippen LogP contribution in [0, 0.1) is 6.92 Å². The summed E-state index contributed by atoms with van der Waals surface area (Å²) in [6.07, 6.45) is 3.51. The third-order valence-electron chi connectivity index (χ3n) is 1.63. The van der Waals surface area contributed by atoms with E-state index in [0.29, 0.717) is 0 Å². The van der Waals surface area contributed by atoms with Crippen molar-refractivity contribution in [3.8, 4) is 11.4 Å². The molecule has 0 atom stereocenters. The maximum absolute atomic E-state index is 9.75. The number of aromatic nitrogens is 3. The number of nitrogens with one attached hydrogen (secondary N) is 1. The van der Waals surface area contributed by atoms with Crippen molar-refractivity contribution in [3.05, 3.63) is 48.8 Å². The van der Waals surface area contributed by atoms with Gasteiger partial charge in [-0.15, -0.1) is 6.58 Å². The minimum absolute atomic E-state index is 0. The molecule has 2 aromatic rings. The second-order valence-corrected chi connectivity index (χ2v) is 3.55. The minimum atomic E-state index is -6.00. The van der Waals surface area contributed by atoms with E-state index in [4.69, 9.17) is 0 Å². The Balaban J connectivity index is 0. The van der Waals surface area contributed by atoms with Crippen LogP contribution in [-0.2, 0) is 20.4 Å². The zero-order valence-corrected chi connectivity index (χ0v) is 13.0.